The number of rotatable bonds is 1. The van der Waals surface area contributed by atoms with Gasteiger partial charge in [0.1, 0.15) is 5.75 Å². The van der Waals surface area contributed by atoms with Gasteiger partial charge in [0.2, 0.25) is 11.9 Å². The molecule has 18 heavy (non-hydrogen) atoms. The molecule has 0 aromatic heterocycles. The zero-order valence-electron chi connectivity index (χ0n) is 10.1. The third-order valence-corrected chi connectivity index (χ3v) is 2.67. The lowest BCUT2D eigenvalue weighted by Crippen LogP contribution is -2.28. The summed E-state index contributed by atoms with van der Waals surface area (Å²) in [5.74, 6) is -0.678. The lowest BCUT2D eigenvalue weighted by atomic mass is 10.1. The second-order valence-corrected chi connectivity index (χ2v) is 4.12. The molecular weight excluding hydrogens is 234 g/mol. The summed E-state index contributed by atoms with van der Waals surface area (Å²) in [7, 11) is 1.65. The zero-order chi connectivity index (χ0) is 13.3. The van der Waals surface area contributed by atoms with Crippen LogP contribution in [0.25, 0.3) is 0 Å². The van der Waals surface area contributed by atoms with Gasteiger partial charge in [-0.15, -0.1) is 0 Å². The summed E-state index contributed by atoms with van der Waals surface area (Å²) in [6, 6.07) is 4.85. The van der Waals surface area contributed by atoms with Crippen molar-refractivity contribution in [2.24, 2.45) is 4.99 Å². The van der Waals surface area contributed by atoms with E-state index in [0.717, 1.165) is 0 Å². The number of likely N-dealkylation sites (N-methyl/N-ethyl adjacent to an activating group) is 1. The first kappa shape index (κ1) is 12.1. The van der Waals surface area contributed by atoms with Crippen molar-refractivity contribution in [3.8, 4) is 5.75 Å². The molecule has 0 saturated carbocycles. The van der Waals surface area contributed by atoms with Gasteiger partial charge in [-0.05, 0) is 18.6 Å². The van der Waals surface area contributed by atoms with Gasteiger partial charge in [0, 0.05) is 7.05 Å². The van der Waals surface area contributed by atoms with Crippen LogP contribution < -0.4 is 5.32 Å². The predicted molar refractivity (Wildman–Crippen MR) is 65.4 cm³/mol. The molecule has 0 spiro atoms. The minimum atomic E-state index is -0.583. The van der Waals surface area contributed by atoms with E-state index < -0.39 is 5.91 Å². The van der Waals surface area contributed by atoms with E-state index in [1.807, 2.05) is 0 Å². The number of nitrogens with zero attached hydrogens (tertiary/aromatic N) is 2. The number of hydrogen-bond acceptors (Lipinski definition) is 3. The Balaban J connectivity index is 2.30. The number of hydrogen-bond donors (Lipinski definition) is 2. The summed E-state index contributed by atoms with van der Waals surface area (Å²) < 4.78 is 0. The molecule has 0 bridgehead atoms. The van der Waals surface area contributed by atoms with Gasteiger partial charge < -0.3 is 10.0 Å². The minimum Gasteiger partial charge on any atom is -0.507 e. The Hall–Kier alpha value is -2.37. The van der Waals surface area contributed by atoms with E-state index in [9.17, 15) is 14.7 Å². The van der Waals surface area contributed by atoms with Crippen molar-refractivity contribution in [2.75, 3.05) is 13.6 Å². The highest BCUT2D eigenvalue weighted by molar-refractivity contribution is 6.11. The molecule has 1 aliphatic heterocycles. The topological polar surface area (TPSA) is 82.0 Å². The number of aryl methyl sites for hydroxylation is 1. The molecule has 1 saturated heterocycles. The third-order valence-electron chi connectivity index (χ3n) is 2.67. The summed E-state index contributed by atoms with van der Waals surface area (Å²) in [6.45, 7) is 1.87. The van der Waals surface area contributed by atoms with Crippen molar-refractivity contribution in [2.45, 2.75) is 6.92 Å². The van der Waals surface area contributed by atoms with E-state index in [2.05, 4.69) is 10.3 Å². The van der Waals surface area contributed by atoms with E-state index in [1.54, 1.807) is 26.1 Å². The Morgan fingerprint density at radius 3 is 2.83 bits per heavy atom. The van der Waals surface area contributed by atoms with Crippen molar-refractivity contribution < 1.29 is 14.7 Å². The number of amides is 2. The lowest BCUT2D eigenvalue weighted by molar-refractivity contribution is -0.118. The van der Waals surface area contributed by atoms with Crippen molar-refractivity contribution >= 4 is 17.8 Å². The summed E-state index contributed by atoms with van der Waals surface area (Å²) in [4.78, 5) is 28.3. The van der Waals surface area contributed by atoms with Crippen LogP contribution in [-0.2, 0) is 4.79 Å². The van der Waals surface area contributed by atoms with Crippen molar-refractivity contribution in [1.82, 2.24) is 10.2 Å². The molecule has 0 unspecified atom stereocenters. The second-order valence-electron chi connectivity index (χ2n) is 4.12. The number of carbonyl (C=O) groups excluding carboxylic acids is 2. The van der Waals surface area contributed by atoms with Crippen molar-refractivity contribution in [3.63, 3.8) is 0 Å². The molecule has 94 valence electrons. The van der Waals surface area contributed by atoms with Gasteiger partial charge in [-0.2, -0.15) is 4.99 Å². The van der Waals surface area contributed by atoms with E-state index in [0.29, 0.717) is 5.56 Å². The minimum absolute atomic E-state index is 0.0844. The summed E-state index contributed by atoms with van der Waals surface area (Å²) in [5.41, 5.74) is 0.724. The standard InChI is InChI=1S/C12H13N3O3/c1-7-4-3-5-8(10(7)17)11(18)14-12-13-9(16)6-15(12)2/h3-5,17H,6H2,1-2H3,(H,13,14,16,18). The van der Waals surface area contributed by atoms with Gasteiger partial charge in [-0.3, -0.25) is 14.9 Å². The maximum Gasteiger partial charge on any atom is 0.283 e. The molecule has 2 N–H and O–H groups in total. The van der Waals surface area contributed by atoms with Crippen LogP contribution >= 0.6 is 0 Å². The molecule has 6 nitrogen and oxygen atoms in total. The lowest BCUT2D eigenvalue weighted by Gasteiger charge is -2.08. The number of benzene rings is 1. The Kier molecular flexibility index (Phi) is 3.01. The molecule has 1 aromatic rings. The van der Waals surface area contributed by atoms with Crippen LogP contribution in [0.5, 0.6) is 5.75 Å². The second kappa shape index (κ2) is 4.48. The first-order valence-electron chi connectivity index (χ1n) is 5.41. The first-order valence-corrected chi connectivity index (χ1v) is 5.41. The molecule has 1 fully saturated rings. The van der Waals surface area contributed by atoms with Crippen LogP contribution in [0.1, 0.15) is 15.9 Å². The average molecular weight is 247 g/mol. The molecule has 2 rings (SSSR count). The van der Waals surface area contributed by atoms with Gasteiger partial charge >= 0.3 is 0 Å². The molecule has 0 aliphatic carbocycles. The number of guanidine groups is 1. The predicted octanol–water partition coefficient (Wildman–Crippen LogP) is 0.258. The Labute approximate surface area is 104 Å². The maximum absolute atomic E-state index is 11.9. The summed E-state index contributed by atoms with van der Waals surface area (Å²) >= 11 is 0. The largest absolute Gasteiger partial charge is 0.507 e. The number of phenolic OH excluding ortho intramolecular Hbond substituents is 1. The van der Waals surface area contributed by atoms with Gasteiger partial charge in [0.15, 0.2) is 0 Å². The Morgan fingerprint density at radius 1 is 1.50 bits per heavy atom. The molecule has 0 atom stereocenters. The van der Waals surface area contributed by atoms with Crippen LogP contribution in [0.4, 0.5) is 0 Å². The first-order chi connectivity index (χ1) is 8.49. The third kappa shape index (κ3) is 2.17. The fraction of sp³-hybridized carbons (Fsp3) is 0.250. The van der Waals surface area contributed by atoms with Crippen LogP contribution in [0.3, 0.4) is 0 Å². The molecule has 6 heteroatoms. The van der Waals surface area contributed by atoms with Gasteiger partial charge in [0.05, 0.1) is 12.1 Å². The Morgan fingerprint density at radius 2 is 2.22 bits per heavy atom. The van der Waals surface area contributed by atoms with E-state index in [-0.39, 0.29) is 29.7 Å². The molecule has 1 aliphatic rings. The van der Waals surface area contributed by atoms with Crippen molar-refractivity contribution in [1.29, 1.82) is 0 Å². The molecular formula is C12H13N3O3. The average Bonchev–Trinajstić information content (AvgIpc) is 2.61. The quantitative estimate of drug-likeness (QED) is 0.745. The smallest absolute Gasteiger partial charge is 0.283 e. The Bertz CT molecular complexity index is 551. The van der Waals surface area contributed by atoms with Crippen LogP contribution in [0.2, 0.25) is 0 Å². The highest BCUT2D eigenvalue weighted by Gasteiger charge is 2.23. The van der Waals surface area contributed by atoms with E-state index >= 15 is 0 Å². The number of aliphatic imine (C=N–C) groups is 1. The summed E-state index contributed by atoms with van der Waals surface area (Å²) in [5, 5.41) is 12.2. The highest BCUT2D eigenvalue weighted by atomic mass is 16.3. The fourth-order valence-corrected chi connectivity index (χ4v) is 1.65. The van der Waals surface area contributed by atoms with Crippen LogP contribution in [0, 0.1) is 6.92 Å². The molecule has 0 radical (unpaired) electrons. The molecule has 2 amide bonds. The number of phenols is 1. The zero-order valence-corrected chi connectivity index (χ0v) is 10.1. The van der Waals surface area contributed by atoms with Crippen LogP contribution in [0.15, 0.2) is 23.2 Å². The van der Waals surface area contributed by atoms with Gasteiger partial charge in [-0.1, -0.05) is 12.1 Å². The SMILES string of the molecule is Cc1cccc(C(=O)N=C2NC(=O)CN2C)c1O. The van der Waals surface area contributed by atoms with Crippen LogP contribution in [-0.4, -0.2) is 41.4 Å². The highest BCUT2D eigenvalue weighted by Crippen LogP contribution is 2.22. The van der Waals surface area contributed by atoms with Gasteiger partial charge in [-0.25, -0.2) is 0 Å². The number of para-hydroxylation sites is 1. The van der Waals surface area contributed by atoms with Gasteiger partial charge in [0.25, 0.3) is 5.91 Å². The number of aromatic hydroxyl groups is 1. The summed E-state index contributed by atoms with van der Waals surface area (Å²) in [6.07, 6.45) is 0. The number of nitrogens with one attached hydrogen (secondary N) is 1. The monoisotopic (exact) mass is 247 g/mol. The number of carbonyl (C=O) groups is 2. The molecule has 1 aromatic carbocycles. The van der Waals surface area contributed by atoms with E-state index in [1.165, 1.54) is 11.0 Å². The fourth-order valence-electron chi connectivity index (χ4n) is 1.65. The normalized spacial score (nSPS) is 17.1. The molecule has 1 heterocycles. The van der Waals surface area contributed by atoms with Crippen molar-refractivity contribution in [3.05, 3.63) is 29.3 Å². The van der Waals surface area contributed by atoms with E-state index in [4.69, 9.17) is 0 Å². The maximum atomic E-state index is 11.9.